The normalized spacial score (nSPS) is 10.5. The maximum atomic E-state index is 10.7. The molecule has 0 unspecified atom stereocenters. The number of carboxylic acids is 1. The molecule has 2 aromatic carbocycles. The predicted molar refractivity (Wildman–Crippen MR) is 76.3 cm³/mol. The Bertz CT molecular complexity index is 709. The maximum Gasteiger partial charge on any atom is 0.328 e. The summed E-state index contributed by atoms with van der Waals surface area (Å²) in [6.45, 7) is 0. The first-order valence-electron chi connectivity index (χ1n) is 5.98. The van der Waals surface area contributed by atoms with E-state index in [9.17, 15) is 14.9 Å². The summed E-state index contributed by atoms with van der Waals surface area (Å²) in [5.41, 5.74) is 0.592. The van der Waals surface area contributed by atoms with Gasteiger partial charge in [0.2, 0.25) is 0 Å². The van der Waals surface area contributed by atoms with Crippen molar-refractivity contribution in [1.29, 1.82) is 0 Å². The van der Waals surface area contributed by atoms with Crippen molar-refractivity contribution in [2.45, 2.75) is 0 Å². The molecule has 2 aromatic rings. The smallest absolute Gasteiger partial charge is 0.328 e. The van der Waals surface area contributed by atoms with Gasteiger partial charge in [0.15, 0.2) is 0 Å². The zero-order valence-electron chi connectivity index (χ0n) is 10.8. The summed E-state index contributed by atoms with van der Waals surface area (Å²) in [7, 11) is 0. The third kappa shape index (κ3) is 4.17. The number of carbonyl (C=O) groups is 1. The van der Waals surface area contributed by atoms with Crippen LogP contribution in [0.1, 0.15) is 5.56 Å². The van der Waals surface area contributed by atoms with Crippen molar-refractivity contribution in [2.24, 2.45) is 0 Å². The highest BCUT2D eigenvalue weighted by Gasteiger charge is 2.07. The molecule has 106 valence electrons. The van der Waals surface area contributed by atoms with Crippen molar-refractivity contribution in [1.82, 2.24) is 0 Å². The SMILES string of the molecule is O=C(O)C=Cc1cccc(Oc2cccc([N+](=O)[O-])c2)c1. The molecule has 0 bridgehead atoms. The van der Waals surface area contributed by atoms with Crippen LogP contribution in [0, 0.1) is 10.1 Å². The molecule has 0 atom stereocenters. The van der Waals surface area contributed by atoms with Crippen LogP contribution < -0.4 is 4.74 Å². The van der Waals surface area contributed by atoms with Crippen LogP contribution >= 0.6 is 0 Å². The third-order valence-corrected chi connectivity index (χ3v) is 2.54. The minimum atomic E-state index is -1.04. The fraction of sp³-hybridized carbons (Fsp3) is 0. The minimum Gasteiger partial charge on any atom is -0.478 e. The van der Waals surface area contributed by atoms with Gasteiger partial charge >= 0.3 is 5.97 Å². The van der Waals surface area contributed by atoms with Crippen molar-refractivity contribution >= 4 is 17.7 Å². The van der Waals surface area contributed by atoms with E-state index in [0.717, 1.165) is 6.08 Å². The van der Waals surface area contributed by atoms with Gasteiger partial charge in [-0.1, -0.05) is 18.2 Å². The number of benzene rings is 2. The second kappa shape index (κ2) is 6.33. The lowest BCUT2D eigenvalue weighted by molar-refractivity contribution is -0.384. The van der Waals surface area contributed by atoms with E-state index in [4.69, 9.17) is 9.84 Å². The Balaban J connectivity index is 2.20. The highest BCUT2D eigenvalue weighted by molar-refractivity contribution is 5.85. The van der Waals surface area contributed by atoms with Gasteiger partial charge < -0.3 is 9.84 Å². The standard InChI is InChI=1S/C15H11NO5/c17-15(18)8-7-11-3-1-5-13(9-11)21-14-6-2-4-12(10-14)16(19)20/h1-10H,(H,17,18). The number of rotatable bonds is 5. The Morgan fingerprint density at radius 1 is 1.14 bits per heavy atom. The molecule has 0 radical (unpaired) electrons. The van der Waals surface area contributed by atoms with Gasteiger partial charge in [-0.25, -0.2) is 4.79 Å². The Morgan fingerprint density at radius 2 is 1.81 bits per heavy atom. The minimum absolute atomic E-state index is 0.0607. The molecule has 1 N–H and O–H groups in total. The molecular formula is C15H11NO5. The predicted octanol–water partition coefficient (Wildman–Crippen LogP) is 3.48. The average molecular weight is 285 g/mol. The summed E-state index contributed by atoms with van der Waals surface area (Å²) in [5.74, 6) is -0.244. The third-order valence-electron chi connectivity index (χ3n) is 2.54. The number of carboxylic acid groups (broad SMARTS) is 1. The Kier molecular flexibility index (Phi) is 4.30. The molecule has 0 spiro atoms. The number of non-ortho nitro benzene ring substituents is 1. The van der Waals surface area contributed by atoms with Crippen molar-refractivity contribution in [3.05, 3.63) is 70.3 Å². The zero-order chi connectivity index (χ0) is 15.2. The second-order valence-electron chi connectivity index (χ2n) is 4.10. The van der Waals surface area contributed by atoms with Crippen molar-refractivity contribution in [3.63, 3.8) is 0 Å². The number of aliphatic carboxylic acids is 1. The summed E-state index contributed by atoms with van der Waals surface area (Å²) in [6.07, 6.45) is 2.45. The molecule has 0 amide bonds. The second-order valence-corrected chi connectivity index (χ2v) is 4.10. The van der Waals surface area contributed by atoms with E-state index in [-0.39, 0.29) is 5.69 Å². The summed E-state index contributed by atoms with van der Waals surface area (Å²) in [6, 6.07) is 12.6. The first-order valence-corrected chi connectivity index (χ1v) is 5.98. The largest absolute Gasteiger partial charge is 0.478 e. The number of nitro groups is 1. The number of nitrogens with zero attached hydrogens (tertiary/aromatic N) is 1. The van der Waals surface area contributed by atoms with E-state index in [2.05, 4.69) is 0 Å². The molecule has 0 aliphatic carbocycles. The number of hydrogen-bond donors (Lipinski definition) is 1. The van der Waals surface area contributed by atoms with Crippen LogP contribution in [0.15, 0.2) is 54.6 Å². The van der Waals surface area contributed by atoms with E-state index >= 15 is 0 Å². The van der Waals surface area contributed by atoms with Gasteiger partial charge in [0, 0.05) is 12.1 Å². The van der Waals surface area contributed by atoms with Crippen LogP contribution in [0.5, 0.6) is 11.5 Å². The summed E-state index contributed by atoms with van der Waals surface area (Å²) in [5, 5.41) is 19.3. The lowest BCUT2D eigenvalue weighted by atomic mass is 10.2. The van der Waals surface area contributed by atoms with E-state index in [0.29, 0.717) is 17.1 Å². The summed E-state index contributed by atoms with van der Waals surface area (Å²) in [4.78, 5) is 20.7. The molecule has 0 fully saturated rings. The first-order chi connectivity index (χ1) is 10.0. The lowest BCUT2D eigenvalue weighted by Crippen LogP contribution is -1.90. The molecule has 6 nitrogen and oxygen atoms in total. The molecule has 0 aliphatic heterocycles. The van der Waals surface area contributed by atoms with Gasteiger partial charge in [-0.3, -0.25) is 10.1 Å². The average Bonchev–Trinajstić information content (AvgIpc) is 2.46. The molecular weight excluding hydrogens is 274 g/mol. The maximum absolute atomic E-state index is 10.7. The molecule has 0 saturated carbocycles. The quantitative estimate of drug-likeness (QED) is 0.516. The van der Waals surface area contributed by atoms with E-state index in [1.54, 1.807) is 30.3 Å². The molecule has 0 heterocycles. The zero-order valence-corrected chi connectivity index (χ0v) is 10.8. The highest BCUT2D eigenvalue weighted by Crippen LogP contribution is 2.25. The number of nitro benzene ring substituents is 1. The Morgan fingerprint density at radius 3 is 2.48 bits per heavy atom. The van der Waals surface area contributed by atoms with Crippen LogP contribution in [-0.4, -0.2) is 16.0 Å². The fourth-order valence-corrected chi connectivity index (χ4v) is 1.65. The van der Waals surface area contributed by atoms with Gasteiger partial charge in [-0.2, -0.15) is 0 Å². The van der Waals surface area contributed by atoms with Crippen LogP contribution in [0.2, 0.25) is 0 Å². The molecule has 0 saturated heterocycles. The van der Waals surface area contributed by atoms with Crippen LogP contribution in [-0.2, 0) is 4.79 Å². The van der Waals surface area contributed by atoms with Gasteiger partial charge in [-0.15, -0.1) is 0 Å². The number of hydrogen-bond acceptors (Lipinski definition) is 4. The topological polar surface area (TPSA) is 89.7 Å². The van der Waals surface area contributed by atoms with E-state index < -0.39 is 10.9 Å². The van der Waals surface area contributed by atoms with Crippen molar-refractivity contribution in [2.75, 3.05) is 0 Å². The van der Waals surface area contributed by atoms with Gasteiger partial charge in [0.05, 0.1) is 11.0 Å². The molecule has 21 heavy (non-hydrogen) atoms. The van der Waals surface area contributed by atoms with Crippen molar-refractivity contribution < 1.29 is 19.6 Å². The van der Waals surface area contributed by atoms with Crippen molar-refractivity contribution in [3.8, 4) is 11.5 Å². The van der Waals surface area contributed by atoms with Gasteiger partial charge in [0.25, 0.3) is 5.69 Å². The molecule has 6 heteroatoms. The van der Waals surface area contributed by atoms with Gasteiger partial charge in [-0.05, 0) is 29.8 Å². The Hall–Kier alpha value is -3.15. The van der Waals surface area contributed by atoms with E-state index in [1.165, 1.54) is 24.3 Å². The molecule has 2 rings (SSSR count). The first kappa shape index (κ1) is 14.3. The summed E-state index contributed by atoms with van der Waals surface area (Å²) >= 11 is 0. The van der Waals surface area contributed by atoms with Crippen LogP contribution in [0.25, 0.3) is 6.08 Å². The fourth-order valence-electron chi connectivity index (χ4n) is 1.65. The van der Waals surface area contributed by atoms with Gasteiger partial charge in [0.1, 0.15) is 11.5 Å². The Labute approximate surface area is 120 Å². The molecule has 0 aromatic heterocycles. The molecule has 0 aliphatic rings. The van der Waals surface area contributed by atoms with Crippen LogP contribution in [0.3, 0.4) is 0 Å². The lowest BCUT2D eigenvalue weighted by Gasteiger charge is -2.06. The highest BCUT2D eigenvalue weighted by atomic mass is 16.6. The number of ether oxygens (including phenoxy) is 1. The summed E-state index contributed by atoms with van der Waals surface area (Å²) < 4.78 is 5.53. The monoisotopic (exact) mass is 285 g/mol. The van der Waals surface area contributed by atoms with Crippen LogP contribution in [0.4, 0.5) is 5.69 Å². The van der Waals surface area contributed by atoms with E-state index in [1.807, 2.05) is 0 Å².